The molecular weight excluding hydrogens is 747 g/mol. The molecular formula is C59H59BN2. The Balaban J connectivity index is 1.32. The standard InChI is InChI=1S/C59H59BN2/c1-10-36(2)31-42-22-14-11-19-40-20-12-16-26-47-55-38(4)43-23-17-18-25-45(43)48(55)34-54-57(47)62(60(42)39(40)5)52-28-27-46-44-24-15-13-21-41(44)33-49(46)56(52)61(54)53-35-51-50(32-37(53)3)58(6,7)29-30-59(51,8)9/h11-28,31-32,34-36,38H,10,29-30,33H2,1-9H3/b19-11-,20-12-,22-14-,26-16+,40-39?,42-31+. The quantitative estimate of drug-likeness (QED) is 0.164. The first-order chi connectivity index (χ1) is 29.9. The van der Waals surface area contributed by atoms with Gasteiger partial charge >= 0.3 is 6.85 Å². The van der Waals surface area contributed by atoms with Gasteiger partial charge in [0.15, 0.2) is 0 Å². The van der Waals surface area contributed by atoms with E-state index in [-0.39, 0.29) is 23.6 Å². The Kier molecular flexibility index (Phi) is 8.90. The minimum absolute atomic E-state index is 0.0434. The Morgan fingerprint density at radius 2 is 1.39 bits per heavy atom. The van der Waals surface area contributed by atoms with E-state index in [9.17, 15) is 0 Å². The van der Waals surface area contributed by atoms with Crippen molar-refractivity contribution in [1.82, 2.24) is 0 Å². The normalized spacial score (nSPS) is 22.6. The van der Waals surface area contributed by atoms with E-state index in [1.54, 1.807) is 0 Å². The third-order valence-electron chi connectivity index (χ3n) is 15.7. The zero-order chi connectivity index (χ0) is 42.8. The first-order valence-electron chi connectivity index (χ1n) is 23.3. The molecule has 62 heavy (non-hydrogen) atoms. The number of anilines is 5. The van der Waals surface area contributed by atoms with Gasteiger partial charge in [-0.25, -0.2) is 0 Å². The van der Waals surface area contributed by atoms with Gasteiger partial charge in [0.25, 0.3) is 0 Å². The summed E-state index contributed by atoms with van der Waals surface area (Å²) in [4.78, 5) is 5.55. The van der Waals surface area contributed by atoms with Crippen molar-refractivity contribution < 1.29 is 0 Å². The first-order valence-corrected chi connectivity index (χ1v) is 23.3. The number of benzene rings is 5. The summed E-state index contributed by atoms with van der Waals surface area (Å²) in [6.45, 7) is 21.7. The minimum Gasteiger partial charge on any atom is -0.373 e. The second-order valence-corrected chi connectivity index (χ2v) is 20.4. The van der Waals surface area contributed by atoms with Crippen LogP contribution in [0.1, 0.15) is 125 Å². The maximum Gasteiger partial charge on any atom is 0.324 e. The number of hydrogen-bond donors (Lipinski definition) is 0. The van der Waals surface area contributed by atoms with Crippen molar-refractivity contribution in [3.63, 3.8) is 0 Å². The fourth-order valence-corrected chi connectivity index (χ4v) is 12.0. The van der Waals surface area contributed by atoms with Crippen LogP contribution in [0, 0.1) is 12.8 Å². The van der Waals surface area contributed by atoms with Gasteiger partial charge in [0, 0.05) is 23.6 Å². The van der Waals surface area contributed by atoms with Crippen LogP contribution >= 0.6 is 0 Å². The van der Waals surface area contributed by atoms with Gasteiger partial charge in [-0.3, -0.25) is 0 Å². The third kappa shape index (κ3) is 5.69. The van der Waals surface area contributed by atoms with Crippen molar-refractivity contribution in [2.75, 3.05) is 9.71 Å². The topological polar surface area (TPSA) is 6.48 Å². The summed E-state index contributed by atoms with van der Waals surface area (Å²) in [7, 11) is 0. The SMILES string of the molecule is CCC(C)\C=C1/C=C\C=C/C2=C(C)B1N1c3ccc4c(c3N(c3cc5c(cc3C)C(C)(C)CCC5(C)C)c3cc5c(c(c31)/C=C/C=C\2)C(C)c1ccccc1-5)Cc1ccccc1-4. The second kappa shape index (κ2) is 14.1. The maximum absolute atomic E-state index is 2.80. The molecule has 0 saturated carbocycles. The highest BCUT2D eigenvalue weighted by Gasteiger charge is 2.46. The lowest BCUT2D eigenvalue weighted by molar-refractivity contribution is 0.332. The predicted molar refractivity (Wildman–Crippen MR) is 267 cm³/mol. The summed E-state index contributed by atoms with van der Waals surface area (Å²) in [6, 6.07) is 31.0. The molecule has 3 heteroatoms. The Hall–Kier alpha value is -5.80. The first kappa shape index (κ1) is 39.1. The summed E-state index contributed by atoms with van der Waals surface area (Å²) < 4.78 is 0. The third-order valence-corrected chi connectivity index (χ3v) is 15.7. The average molecular weight is 807 g/mol. The predicted octanol–water partition coefficient (Wildman–Crippen LogP) is 16.0. The maximum atomic E-state index is 2.80. The number of fused-ring (bicyclic) bond motifs is 13. The number of aryl methyl sites for hydroxylation is 1. The Morgan fingerprint density at radius 3 is 2.15 bits per heavy atom. The van der Waals surface area contributed by atoms with Crippen LogP contribution in [0.3, 0.4) is 0 Å². The second-order valence-electron chi connectivity index (χ2n) is 20.4. The van der Waals surface area contributed by atoms with Crippen molar-refractivity contribution in [3.8, 4) is 22.3 Å². The van der Waals surface area contributed by atoms with Crippen LogP contribution in [0.5, 0.6) is 0 Å². The van der Waals surface area contributed by atoms with Crippen molar-refractivity contribution in [2.45, 2.75) is 105 Å². The molecule has 0 saturated heterocycles. The van der Waals surface area contributed by atoms with Gasteiger partial charge < -0.3 is 9.71 Å². The lowest BCUT2D eigenvalue weighted by Crippen LogP contribution is -2.43. The molecule has 308 valence electrons. The molecule has 6 aliphatic rings. The van der Waals surface area contributed by atoms with Crippen molar-refractivity contribution in [2.24, 2.45) is 5.92 Å². The van der Waals surface area contributed by atoms with Gasteiger partial charge in [-0.05, 0) is 128 Å². The van der Waals surface area contributed by atoms with Crippen LogP contribution in [0.15, 0.2) is 144 Å². The van der Waals surface area contributed by atoms with E-state index in [1.807, 2.05) is 0 Å². The lowest BCUT2D eigenvalue weighted by atomic mass is 9.45. The molecule has 3 aliphatic heterocycles. The van der Waals surface area contributed by atoms with Gasteiger partial charge in [-0.2, -0.15) is 0 Å². The molecule has 5 aromatic carbocycles. The van der Waals surface area contributed by atoms with E-state index in [4.69, 9.17) is 0 Å². The molecule has 3 aliphatic carbocycles. The van der Waals surface area contributed by atoms with Crippen molar-refractivity contribution in [3.05, 3.63) is 188 Å². The smallest absolute Gasteiger partial charge is 0.324 e. The number of nitrogens with zero attached hydrogens (tertiary/aromatic N) is 2. The molecule has 0 amide bonds. The average Bonchev–Trinajstić information content (AvgIpc) is 3.78. The molecule has 2 nitrogen and oxygen atoms in total. The largest absolute Gasteiger partial charge is 0.373 e. The Bertz CT molecular complexity index is 2940. The lowest BCUT2D eigenvalue weighted by Gasteiger charge is -2.48. The fraction of sp³-hybridized carbons (Fsp3) is 0.288. The van der Waals surface area contributed by atoms with E-state index in [1.165, 1.54) is 125 Å². The van der Waals surface area contributed by atoms with E-state index in [0.29, 0.717) is 5.92 Å². The van der Waals surface area contributed by atoms with Crippen LogP contribution in [-0.4, -0.2) is 6.85 Å². The van der Waals surface area contributed by atoms with E-state index >= 15 is 0 Å². The molecule has 2 bridgehead atoms. The molecule has 2 atom stereocenters. The molecule has 11 rings (SSSR count). The van der Waals surface area contributed by atoms with Crippen molar-refractivity contribution >= 4 is 41.4 Å². The van der Waals surface area contributed by atoms with Gasteiger partial charge in [-0.15, -0.1) is 0 Å². The van der Waals surface area contributed by atoms with Crippen LogP contribution < -0.4 is 9.71 Å². The summed E-state index contributed by atoms with van der Waals surface area (Å²) in [5.74, 6) is 0.676. The van der Waals surface area contributed by atoms with E-state index in [0.717, 1.165) is 12.8 Å². The zero-order valence-electron chi connectivity index (χ0n) is 38.2. The van der Waals surface area contributed by atoms with Gasteiger partial charge in [-0.1, -0.05) is 181 Å². The number of hydrogen-bond acceptors (Lipinski definition) is 2. The molecule has 2 unspecified atom stereocenters. The van der Waals surface area contributed by atoms with Crippen LogP contribution in [0.4, 0.5) is 28.4 Å². The van der Waals surface area contributed by atoms with Gasteiger partial charge in [0.2, 0.25) is 0 Å². The van der Waals surface area contributed by atoms with E-state index < -0.39 is 0 Å². The zero-order valence-corrected chi connectivity index (χ0v) is 38.2. The Morgan fingerprint density at radius 1 is 0.710 bits per heavy atom. The summed E-state index contributed by atoms with van der Waals surface area (Å²) in [6.07, 6.45) is 25.5. The highest BCUT2D eigenvalue weighted by atomic mass is 15.3. The van der Waals surface area contributed by atoms with Gasteiger partial charge in [0.05, 0.1) is 22.7 Å². The molecule has 3 heterocycles. The van der Waals surface area contributed by atoms with Gasteiger partial charge in [0.1, 0.15) is 0 Å². The molecule has 5 aromatic rings. The highest BCUT2D eigenvalue weighted by molar-refractivity contribution is 6.80. The fourth-order valence-electron chi connectivity index (χ4n) is 12.0. The molecule has 0 aromatic heterocycles. The van der Waals surface area contributed by atoms with Crippen LogP contribution in [-0.2, 0) is 17.3 Å². The van der Waals surface area contributed by atoms with Crippen LogP contribution in [0.2, 0.25) is 0 Å². The van der Waals surface area contributed by atoms with Crippen molar-refractivity contribution in [1.29, 1.82) is 0 Å². The minimum atomic E-state index is -0.0434. The van der Waals surface area contributed by atoms with E-state index in [2.05, 4.69) is 206 Å². The Labute approximate surface area is 370 Å². The molecule has 0 radical (unpaired) electrons. The van der Waals surface area contributed by atoms with Crippen LogP contribution in [0.25, 0.3) is 28.3 Å². The molecule has 0 spiro atoms. The number of allylic oxidation sites excluding steroid dienone is 11. The summed E-state index contributed by atoms with van der Waals surface area (Å²) >= 11 is 0. The summed E-state index contributed by atoms with van der Waals surface area (Å²) in [5, 5.41) is 0. The summed E-state index contributed by atoms with van der Waals surface area (Å²) in [5.41, 5.74) is 27.4. The molecule has 0 N–H and O–H groups in total. The molecule has 0 fully saturated rings. The highest BCUT2D eigenvalue weighted by Crippen LogP contribution is 2.63. The number of rotatable bonds is 3. The monoisotopic (exact) mass is 806 g/mol.